The first-order valence-electron chi connectivity index (χ1n) is 10.3. The molecule has 5 nitrogen and oxygen atoms in total. The van der Waals surface area contributed by atoms with Gasteiger partial charge in [0, 0.05) is 31.0 Å². The van der Waals surface area contributed by atoms with Crippen LogP contribution in [0.25, 0.3) is 0 Å². The van der Waals surface area contributed by atoms with Gasteiger partial charge < -0.3 is 14.4 Å². The molecule has 1 fully saturated rings. The van der Waals surface area contributed by atoms with Crippen LogP contribution in [0.4, 0.5) is 0 Å². The van der Waals surface area contributed by atoms with Crippen molar-refractivity contribution in [1.82, 2.24) is 4.90 Å². The van der Waals surface area contributed by atoms with Gasteiger partial charge in [-0.15, -0.1) is 0 Å². The molecule has 0 bridgehead atoms. The number of amides is 1. The third kappa shape index (κ3) is 4.04. The Morgan fingerprint density at radius 1 is 1.13 bits per heavy atom. The van der Waals surface area contributed by atoms with Gasteiger partial charge in [0.1, 0.15) is 17.1 Å². The molecule has 6 heteroatoms. The lowest BCUT2D eigenvalue weighted by atomic mass is 9.82. The quantitative estimate of drug-likeness (QED) is 0.714. The topological polar surface area (TPSA) is 55.8 Å². The summed E-state index contributed by atoms with van der Waals surface area (Å²) in [5.41, 5.74) is 3.06. The number of hydrogen-bond acceptors (Lipinski definition) is 4. The number of halogens is 1. The first-order valence-corrected chi connectivity index (χ1v) is 10.6. The van der Waals surface area contributed by atoms with E-state index in [1.807, 2.05) is 45.0 Å². The van der Waals surface area contributed by atoms with Gasteiger partial charge in [0.2, 0.25) is 0 Å². The maximum absolute atomic E-state index is 12.8. The zero-order chi connectivity index (χ0) is 21.5. The number of aryl methyl sites for hydroxylation is 3. The van der Waals surface area contributed by atoms with Crippen LogP contribution in [0, 0.1) is 20.8 Å². The number of likely N-dealkylation sites (tertiary alicyclic amines) is 1. The molecule has 0 aromatic heterocycles. The molecule has 0 aliphatic carbocycles. The largest absolute Gasteiger partial charge is 0.486 e. The lowest BCUT2D eigenvalue weighted by molar-refractivity contribution is -0.136. The van der Waals surface area contributed by atoms with Gasteiger partial charge in [0.15, 0.2) is 12.4 Å². The molecule has 0 N–H and O–H groups in total. The van der Waals surface area contributed by atoms with Crippen LogP contribution in [-0.4, -0.2) is 41.9 Å². The Kier molecular flexibility index (Phi) is 5.49. The van der Waals surface area contributed by atoms with E-state index in [0.29, 0.717) is 48.7 Å². The van der Waals surface area contributed by atoms with Crippen molar-refractivity contribution >= 4 is 23.3 Å². The zero-order valence-electron chi connectivity index (χ0n) is 17.6. The minimum atomic E-state index is -0.548. The molecule has 2 heterocycles. The molecule has 0 radical (unpaired) electrons. The van der Waals surface area contributed by atoms with Crippen molar-refractivity contribution in [3.05, 3.63) is 57.6 Å². The molecule has 158 valence electrons. The molecule has 2 aliphatic rings. The Morgan fingerprint density at radius 2 is 1.87 bits per heavy atom. The average Bonchev–Trinajstić information content (AvgIpc) is 2.69. The van der Waals surface area contributed by atoms with Crippen LogP contribution in [0.5, 0.6) is 11.5 Å². The fourth-order valence-electron chi connectivity index (χ4n) is 4.35. The highest BCUT2D eigenvalue weighted by molar-refractivity contribution is 6.31. The fraction of sp³-hybridized carbons (Fsp3) is 0.417. The number of piperidine rings is 1. The van der Waals surface area contributed by atoms with Crippen LogP contribution in [0.1, 0.15) is 46.3 Å². The van der Waals surface area contributed by atoms with Crippen molar-refractivity contribution in [2.45, 2.75) is 45.6 Å². The van der Waals surface area contributed by atoms with E-state index in [9.17, 15) is 9.59 Å². The molecule has 0 saturated carbocycles. The summed E-state index contributed by atoms with van der Waals surface area (Å²) in [4.78, 5) is 27.2. The number of carbonyl (C=O) groups excluding carboxylic acids is 2. The fourth-order valence-corrected chi connectivity index (χ4v) is 4.62. The van der Waals surface area contributed by atoms with E-state index < -0.39 is 5.60 Å². The molecule has 2 aromatic carbocycles. The van der Waals surface area contributed by atoms with Crippen molar-refractivity contribution in [3.8, 4) is 11.5 Å². The van der Waals surface area contributed by atoms with E-state index in [1.165, 1.54) is 0 Å². The Bertz CT molecular complexity index is 1010. The van der Waals surface area contributed by atoms with Crippen molar-refractivity contribution in [3.63, 3.8) is 0 Å². The number of carbonyl (C=O) groups is 2. The highest BCUT2D eigenvalue weighted by Crippen LogP contribution is 2.42. The summed E-state index contributed by atoms with van der Waals surface area (Å²) in [6.45, 7) is 7.01. The molecule has 0 atom stereocenters. The van der Waals surface area contributed by atoms with Crippen molar-refractivity contribution in [2.24, 2.45) is 0 Å². The van der Waals surface area contributed by atoms with Crippen LogP contribution >= 0.6 is 11.6 Å². The number of benzene rings is 2. The van der Waals surface area contributed by atoms with Crippen LogP contribution < -0.4 is 9.47 Å². The second-order valence-corrected chi connectivity index (χ2v) is 8.86. The molecule has 4 rings (SSSR count). The predicted molar refractivity (Wildman–Crippen MR) is 116 cm³/mol. The summed E-state index contributed by atoms with van der Waals surface area (Å²) in [5.74, 6) is 1.37. The Morgan fingerprint density at radius 3 is 2.57 bits per heavy atom. The lowest BCUT2D eigenvalue weighted by Crippen LogP contribution is -2.53. The SMILES string of the molecule is Cc1ccc(OCC(=O)N2CCC3(CC2)CC(=O)c2cc(Cl)cc(C)c2O3)c(C)c1. The summed E-state index contributed by atoms with van der Waals surface area (Å²) < 4.78 is 12.1. The van der Waals surface area contributed by atoms with E-state index in [2.05, 4.69) is 0 Å². The number of rotatable bonds is 3. The summed E-state index contributed by atoms with van der Waals surface area (Å²) in [7, 11) is 0. The number of hydrogen-bond donors (Lipinski definition) is 0. The van der Waals surface area contributed by atoms with E-state index >= 15 is 0 Å². The number of fused-ring (bicyclic) bond motifs is 1. The first-order chi connectivity index (χ1) is 14.3. The van der Waals surface area contributed by atoms with Crippen molar-refractivity contribution in [2.75, 3.05) is 19.7 Å². The highest BCUT2D eigenvalue weighted by Gasteiger charge is 2.44. The van der Waals surface area contributed by atoms with Gasteiger partial charge >= 0.3 is 0 Å². The molecule has 2 aliphatic heterocycles. The van der Waals surface area contributed by atoms with Gasteiger partial charge in [-0.05, 0) is 50.1 Å². The van der Waals surface area contributed by atoms with Gasteiger partial charge in [0.25, 0.3) is 5.91 Å². The second kappa shape index (κ2) is 7.95. The van der Waals surface area contributed by atoms with Gasteiger partial charge in [-0.25, -0.2) is 0 Å². The summed E-state index contributed by atoms with van der Waals surface area (Å²) in [6, 6.07) is 9.41. The van der Waals surface area contributed by atoms with Gasteiger partial charge in [-0.3, -0.25) is 9.59 Å². The Labute approximate surface area is 181 Å². The molecule has 30 heavy (non-hydrogen) atoms. The number of nitrogens with zero attached hydrogens (tertiary/aromatic N) is 1. The smallest absolute Gasteiger partial charge is 0.260 e. The van der Waals surface area contributed by atoms with Gasteiger partial charge in [-0.1, -0.05) is 29.3 Å². The Hall–Kier alpha value is -2.53. The molecule has 1 spiro atoms. The van der Waals surface area contributed by atoms with Crippen LogP contribution in [0.2, 0.25) is 5.02 Å². The van der Waals surface area contributed by atoms with Crippen molar-refractivity contribution in [1.29, 1.82) is 0 Å². The normalized spacial score (nSPS) is 17.5. The Balaban J connectivity index is 1.38. The van der Waals surface area contributed by atoms with Crippen LogP contribution in [-0.2, 0) is 4.79 Å². The van der Waals surface area contributed by atoms with E-state index in [0.717, 1.165) is 22.4 Å². The summed E-state index contributed by atoms with van der Waals surface area (Å²) in [6.07, 6.45) is 1.56. The molecular weight excluding hydrogens is 402 g/mol. The van der Waals surface area contributed by atoms with Crippen LogP contribution in [0.3, 0.4) is 0 Å². The minimum Gasteiger partial charge on any atom is -0.486 e. The molecular formula is C24H26ClNO4. The third-order valence-corrected chi connectivity index (χ3v) is 6.27. The standard InChI is InChI=1S/C24H26ClNO4/c1-15-4-5-21(16(2)10-15)29-14-22(28)26-8-6-24(7-9-26)13-20(27)19-12-18(25)11-17(3)23(19)30-24/h4-5,10-12H,6-9,13-14H2,1-3H3. The summed E-state index contributed by atoms with van der Waals surface area (Å²) >= 11 is 6.11. The molecule has 1 saturated heterocycles. The lowest BCUT2D eigenvalue weighted by Gasteiger charge is -2.44. The highest BCUT2D eigenvalue weighted by atomic mass is 35.5. The zero-order valence-corrected chi connectivity index (χ0v) is 18.3. The number of ether oxygens (including phenoxy) is 2. The van der Waals surface area contributed by atoms with E-state index in [1.54, 1.807) is 11.0 Å². The molecule has 0 unspecified atom stereocenters. The van der Waals surface area contributed by atoms with E-state index in [4.69, 9.17) is 21.1 Å². The molecule has 1 amide bonds. The third-order valence-electron chi connectivity index (χ3n) is 6.05. The number of ketones is 1. The average molecular weight is 428 g/mol. The maximum Gasteiger partial charge on any atom is 0.260 e. The van der Waals surface area contributed by atoms with Crippen molar-refractivity contribution < 1.29 is 19.1 Å². The van der Waals surface area contributed by atoms with Gasteiger partial charge in [-0.2, -0.15) is 0 Å². The summed E-state index contributed by atoms with van der Waals surface area (Å²) in [5, 5.41) is 0.545. The van der Waals surface area contributed by atoms with Crippen LogP contribution in [0.15, 0.2) is 30.3 Å². The number of Topliss-reactive ketones (excluding diaryl/α,β-unsaturated/α-hetero) is 1. The molecule has 2 aromatic rings. The minimum absolute atomic E-state index is 0.0110. The first kappa shape index (κ1) is 20.7. The predicted octanol–water partition coefficient (Wildman–Crippen LogP) is 4.67. The van der Waals surface area contributed by atoms with E-state index in [-0.39, 0.29) is 18.3 Å². The second-order valence-electron chi connectivity index (χ2n) is 8.42. The monoisotopic (exact) mass is 427 g/mol. The van der Waals surface area contributed by atoms with Gasteiger partial charge in [0.05, 0.1) is 12.0 Å². The maximum atomic E-state index is 12.8.